The molecule has 4 aromatic heterocycles. The van der Waals surface area contributed by atoms with Crippen molar-refractivity contribution in [1.29, 1.82) is 0 Å². The third-order valence-electron chi connectivity index (χ3n) is 7.38. The number of aliphatic hydroxyl groups is 2. The Bertz CT molecular complexity index is 1910. The molecule has 46 heavy (non-hydrogen) atoms. The molecular formula is C20H24N10O12P2S2. The zero-order valence-corrected chi connectivity index (χ0v) is 26.3. The Labute approximate surface area is 264 Å². The van der Waals surface area contributed by atoms with E-state index in [4.69, 9.17) is 50.8 Å². The number of hydrogen-bond donors (Lipinski definition) is 8. The third-order valence-corrected chi connectivity index (χ3v) is 10.6. The number of imidazole rings is 2. The van der Waals surface area contributed by atoms with E-state index in [-0.39, 0.29) is 34.2 Å². The van der Waals surface area contributed by atoms with E-state index in [0.717, 1.165) is 0 Å². The number of aromatic amines is 2. The quantitative estimate of drug-likeness (QED) is 0.0820. The fraction of sp³-hybridized carbons (Fsp3) is 0.500. The Morgan fingerprint density at radius 1 is 0.870 bits per heavy atom. The largest absolute Gasteiger partial charge is 0.386 e. The van der Waals surface area contributed by atoms with E-state index in [9.17, 15) is 29.3 Å². The van der Waals surface area contributed by atoms with E-state index in [0.29, 0.717) is 0 Å². The molecule has 6 unspecified atom stereocenters. The Kier molecular flexibility index (Phi) is 7.87. The number of ether oxygens (including phenoxy) is 2. The second-order valence-electron chi connectivity index (χ2n) is 10.3. The van der Waals surface area contributed by atoms with Gasteiger partial charge in [-0.05, 0) is 11.8 Å². The summed E-state index contributed by atoms with van der Waals surface area (Å²) in [4.78, 5) is 56.2. The van der Waals surface area contributed by atoms with Crippen molar-refractivity contribution in [3.63, 3.8) is 0 Å². The molecule has 0 aromatic carbocycles. The summed E-state index contributed by atoms with van der Waals surface area (Å²) in [7, 11) is 0. The Morgan fingerprint density at radius 3 is 1.83 bits per heavy atom. The number of hydrogen-bond acceptors (Lipinski definition) is 18. The molecule has 3 aliphatic heterocycles. The maximum Gasteiger partial charge on any atom is 0.386 e. The number of nitrogens with zero attached hydrogens (tertiary/aromatic N) is 6. The molecule has 0 aliphatic carbocycles. The first-order valence-electron chi connectivity index (χ1n) is 13.1. The molecule has 3 fully saturated rings. The lowest BCUT2D eigenvalue weighted by Crippen LogP contribution is -2.38. The molecule has 10 atom stereocenters. The minimum absolute atomic E-state index is 0.0342. The van der Waals surface area contributed by atoms with Crippen LogP contribution in [0.2, 0.25) is 0 Å². The number of anilines is 2. The summed E-state index contributed by atoms with van der Waals surface area (Å²) in [6, 6.07) is 0. The average molecular weight is 723 g/mol. The first-order valence-corrected chi connectivity index (χ1v) is 18.4. The fourth-order valence-electron chi connectivity index (χ4n) is 5.39. The van der Waals surface area contributed by atoms with Gasteiger partial charge in [0.05, 0.1) is 25.9 Å². The summed E-state index contributed by atoms with van der Waals surface area (Å²) < 4.78 is 50.0. The maximum absolute atomic E-state index is 13.4. The molecule has 248 valence electrons. The standard InChI is InChI=1S/C20H24N10O12P2S2/c21-19-25-13-7(15(33)27-19)23-3-29(13)17-9(31)11-5(39-17)1-37-43(35,45)42-12-6(2-38-44(36,46)41-11)40-18(10(12)32)30-4-24-8-14(30)26-20(22)28-16(8)34/h3-6,9-12,17-18,31-32H,1-2H2,(H,35,45)(H,36,46)(H3,21,25,27,33)(H3,22,26,28,34)/t5-,6?,9+,10?,11?,12+,17-,18?,43?,44?/m1/s1. The lowest BCUT2D eigenvalue weighted by Gasteiger charge is -2.29. The van der Waals surface area contributed by atoms with Crippen LogP contribution in [0.25, 0.3) is 22.3 Å². The molecule has 0 radical (unpaired) electrons. The zero-order chi connectivity index (χ0) is 32.7. The number of H-pyrrole nitrogens is 2. The predicted molar refractivity (Wildman–Crippen MR) is 160 cm³/mol. The molecule has 9 N–H and O–H groups in total. The molecule has 4 aromatic rings. The summed E-state index contributed by atoms with van der Waals surface area (Å²) in [5.74, 6) is -0.450. The van der Waals surface area contributed by atoms with E-state index < -0.39 is 86.9 Å². The van der Waals surface area contributed by atoms with Crippen LogP contribution in [0.3, 0.4) is 0 Å². The monoisotopic (exact) mass is 722 g/mol. The highest BCUT2D eigenvalue weighted by Crippen LogP contribution is 2.58. The Hall–Kier alpha value is -2.83. The van der Waals surface area contributed by atoms with Gasteiger partial charge in [0.1, 0.15) is 36.6 Å². The summed E-state index contributed by atoms with van der Waals surface area (Å²) in [5, 5.41) is 22.5. The van der Waals surface area contributed by atoms with Crippen LogP contribution in [-0.4, -0.2) is 104 Å². The highest BCUT2D eigenvalue weighted by molar-refractivity contribution is 8.44. The molecule has 3 aliphatic rings. The molecule has 3 saturated heterocycles. The number of nitrogens with two attached hydrogens (primary N) is 2. The van der Waals surface area contributed by atoms with Crippen molar-refractivity contribution < 1.29 is 47.2 Å². The van der Waals surface area contributed by atoms with Gasteiger partial charge in [0.25, 0.3) is 11.1 Å². The van der Waals surface area contributed by atoms with Gasteiger partial charge in [0.15, 0.2) is 34.8 Å². The average Bonchev–Trinajstić information content (AvgIpc) is 3.72. The van der Waals surface area contributed by atoms with Crippen molar-refractivity contribution in [1.82, 2.24) is 39.0 Å². The van der Waals surface area contributed by atoms with Crippen LogP contribution < -0.4 is 22.6 Å². The molecule has 7 heterocycles. The molecular weight excluding hydrogens is 698 g/mol. The number of aromatic nitrogens is 8. The second-order valence-corrected chi connectivity index (χ2v) is 16.0. The molecule has 0 saturated carbocycles. The summed E-state index contributed by atoms with van der Waals surface area (Å²) in [6.45, 7) is -9.76. The minimum Gasteiger partial charge on any atom is -0.386 e. The van der Waals surface area contributed by atoms with Gasteiger partial charge in [-0.25, -0.2) is 14.5 Å². The highest BCUT2D eigenvalue weighted by atomic mass is 32.7. The van der Waals surface area contributed by atoms with Gasteiger partial charge in [0, 0.05) is 0 Å². The van der Waals surface area contributed by atoms with Crippen LogP contribution in [0.5, 0.6) is 0 Å². The van der Waals surface area contributed by atoms with Crippen molar-refractivity contribution in [3.8, 4) is 0 Å². The number of thiol groups is 1. The van der Waals surface area contributed by atoms with Gasteiger partial charge in [-0.15, -0.1) is 0 Å². The molecule has 22 nitrogen and oxygen atoms in total. The smallest absolute Gasteiger partial charge is 0.386 e. The van der Waals surface area contributed by atoms with E-state index in [1.165, 1.54) is 21.8 Å². The maximum atomic E-state index is 13.4. The highest BCUT2D eigenvalue weighted by Gasteiger charge is 2.53. The van der Waals surface area contributed by atoms with Gasteiger partial charge in [-0.2, -0.15) is 9.97 Å². The van der Waals surface area contributed by atoms with E-state index in [1.807, 2.05) is 0 Å². The van der Waals surface area contributed by atoms with Crippen LogP contribution >= 0.6 is 25.8 Å². The predicted octanol–water partition coefficient (Wildman–Crippen LogP) is -1.99. The van der Waals surface area contributed by atoms with Crippen LogP contribution in [-0.2, 0) is 43.9 Å². The number of fused-ring (bicyclic) bond motifs is 4. The second kappa shape index (κ2) is 11.4. The Balaban J connectivity index is 1.18. The third kappa shape index (κ3) is 5.57. The van der Waals surface area contributed by atoms with Gasteiger partial charge < -0.3 is 40.6 Å². The number of rotatable bonds is 2. The van der Waals surface area contributed by atoms with E-state index in [1.54, 1.807) is 0 Å². The fourth-order valence-corrected chi connectivity index (χ4v) is 8.33. The Morgan fingerprint density at radius 2 is 1.33 bits per heavy atom. The van der Waals surface area contributed by atoms with Crippen LogP contribution in [0.1, 0.15) is 12.5 Å². The van der Waals surface area contributed by atoms with Gasteiger partial charge >= 0.3 is 13.5 Å². The van der Waals surface area contributed by atoms with Crippen molar-refractivity contribution in [2.75, 3.05) is 24.7 Å². The normalized spacial score (nSPS) is 37.1. The van der Waals surface area contributed by atoms with Gasteiger partial charge in [0.2, 0.25) is 11.9 Å². The van der Waals surface area contributed by atoms with E-state index >= 15 is 0 Å². The van der Waals surface area contributed by atoms with Gasteiger partial charge in [-0.1, -0.05) is 12.2 Å². The molecule has 0 bridgehead atoms. The van der Waals surface area contributed by atoms with Crippen LogP contribution in [0.4, 0.5) is 11.9 Å². The number of nitrogen functional groups attached to an aromatic ring is 2. The molecule has 26 heteroatoms. The number of nitrogens with one attached hydrogen (secondary N) is 2. The first-order chi connectivity index (χ1) is 21.7. The van der Waals surface area contributed by atoms with Crippen molar-refractivity contribution in [2.45, 2.75) is 49.1 Å². The van der Waals surface area contributed by atoms with Crippen LogP contribution in [0.15, 0.2) is 22.2 Å². The topological polar surface area (TPSA) is 312 Å². The lowest BCUT2D eigenvalue weighted by molar-refractivity contribution is -0.0577. The summed E-state index contributed by atoms with van der Waals surface area (Å²) in [5.41, 5.74) is 9.79. The number of aliphatic hydroxyl groups excluding tert-OH is 2. The lowest BCUT2D eigenvalue weighted by atomic mass is 10.1. The minimum atomic E-state index is -4.35. The van der Waals surface area contributed by atoms with Crippen molar-refractivity contribution in [2.24, 2.45) is 0 Å². The van der Waals surface area contributed by atoms with Crippen molar-refractivity contribution in [3.05, 3.63) is 33.4 Å². The summed E-state index contributed by atoms with van der Waals surface area (Å²) >= 11 is 9.24. The van der Waals surface area contributed by atoms with Gasteiger partial charge in [-0.3, -0.25) is 42.3 Å². The zero-order valence-electron chi connectivity index (χ0n) is 22.8. The molecule has 0 amide bonds. The first kappa shape index (κ1) is 31.8. The molecule has 7 rings (SSSR count). The van der Waals surface area contributed by atoms with Crippen molar-refractivity contribution >= 4 is 71.8 Å². The van der Waals surface area contributed by atoms with E-state index in [2.05, 4.69) is 42.2 Å². The van der Waals surface area contributed by atoms with Crippen LogP contribution in [0, 0.1) is 0 Å². The molecule has 0 spiro atoms. The SMILES string of the molecule is Nc1nc2c(ncn2C2OC3COP(O)(=S)OC4[C@@H](COP(=O)(S)O[C@@H]3C2O)O[C@@H](n2cnc3c(=O)[nH]c(N)nc32)[C@H]4O)c(=O)[nH]1. The summed E-state index contributed by atoms with van der Waals surface area (Å²) in [6.07, 6.45) is -9.01.